The molecule has 1 aliphatic heterocycles. The van der Waals surface area contributed by atoms with Crippen molar-refractivity contribution in [2.24, 2.45) is 5.92 Å². The molecule has 0 spiro atoms. The zero-order chi connectivity index (χ0) is 6.69. The van der Waals surface area contributed by atoms with Gasteiger partial charge in [0.1, 0.15) is 6.29 Å². The van der Waals surface area contributed by atoms with Gasteiger partial charge in [-0.2, -0.15) is 0 Å². The highest BCUT2D eigenvalue weighted by Crippen LogP contribution is 2.20. The lowest BCUT2D eigenvalue weighted by Crippen LogP contribution is -2.15. The van der Waals surface area contributed by atoms with Gasteiger partial charge in [0.25, 0.3) is 0 Å². The minimum absolute atomic E-state index is 0.176. The van der Waals surface area contributed by atoms with Gasteiger partial charge >= 0.3 is 0 Å². The summed E-state index contributed by atoms with van der Waals surface area (Å²) in [5.41, 5.74) is 0. The highest BCUT2D eigenvalue weighted by molar-refractivity contribution is 5.54. The number of rotatable bonds is 2. The molecule has 0 bridgehead atoms. The van der Waals surface area contributed by atoms with Crippen LogP contribution in [0.1, 0.15) is 19.8 Å². The van der Waals surface area contributed by atoms with Crippen LogP contribution in [-0.4, -0.2) is 19.0 Å². The fraction of sp³-hybridized carbons (Fsp3) is 0.857. The minimum atomic E-state index is 0.176. The predicted octanol–water partition coefficient (Wildman–Crippen LogP) is 1.00. The van der Waals surface area contributed by atoms with Crippen molar-refractivity contribution < 1.29 is 9.53 Å². The Bertz CT molecular complexity index is 101. The molecular weight excluding hydrogens is 116 g/mol. The Morgan fingerprint density at radius 3 is 3.00 bits per heavy atom. The SMILES string of the molecule is CCC1OCCC1C=O. The molecular formula is C7H12O2. The lowest BCUT2D eigenvalue weighted by Gasteiger charge is -2.08. The first kappa shape index (κ1) is 6.75. The molecule has 1 fully saturated rings. The molecule has 1 aliphatic rings. The van der Waals surface area contributed by atoms with Crippen molar-refractivity contribution in [2.75, 3.05) is 6.61 Å². The molecule has 52 valence electrons. The summed E-state index contributed by atoms with van der Waals surface area (Å²) < 4.78 is 5.27. The fourth-order valence-corrected chi connectivity index (χ4v) is 1.24. The highest BCUT2D eigenvalue weighted by Gasteiger charge is 2.25. The summed E-state index contributed by atoms with van der Waals surface area (Å²) in [6.07, 6.45) is 3.11. The molecule has 1 heterocycles. The van der Waals surface area contributed by atoms with Crippen molar-refractivity contribution in [3.05, 3.63) is 0 Å². The van der Waals surface area contributed by atoms with Crippen LogP contribution in [0, 0.1) is 5.92 Å². The zero-order valence-electron chi connectivity index (χ0n) is 5.67. The molecule has 0 aromatic rings. The summed E-state index contributed by atoms with van der Waals surface area (Å²) in [4.78, 5) is 10.3. The minimum Gasteiger partial charge on any atom is -0.377 e. The summed E-state index contributed by atoms with van der Waals surface area (Å²) in [6.45, 7) is 2.81. The standard InChI is InChI=1S/C7H12O2/c1-2-7-6(5-8)3-4-9-7/h5-7H,2-4H2,1H3. The van der Waals surface area contributed by atoms with Crippen LogP contribution in [0.3, 0.4) is 0 Å². The monoisotopic (exact) mass is 128 g/mol. The second kappa shape index (κ2) is 2.97. The van der Waals surface area contributed by atoms with E-state index in [0.29, 0.717) is 0 Å². The van der Waals surface area contributed by atoms with Gasteiger partial charge in [0.2, 0.25) is 0 Å². The average molecular weight is 128 g/mol. The zero-order valence-corrected chi connectivity index (χ0v) is 5.67. The van der Waals surface area contributed by atoms with Crippen LogP contribution in [0.15, 0.2) is 0 Å². The van der Waals surface area contributed by atoms with E-state index in [4.69, 9.17) is 4.74 Å². The van der Waals surface area contributed by atoms with E-state index in [1.54, 1.807) is 0 Å². The van der Waals surface area contributed by atoms with Crippen molar-refractivity contribution >= 4 is 6.29 Å². The van der Waals surface area contributed by atoms with E-state index in [2.05, 4.69) is 0 Å². The van der Waals surface area contributed by atoms with E-state index < -0.39 is 0 Å². The Morgan fingerprint density at radius 1 is 1.78 bits per heavy atom. The van der Waals surface area contributed by atoms with E-state index >= 15 is 0 Å². The number of hydrogen-bond acceptors (Lipinski definition) is 2. The highest BCUT2D eigenvalue weighted by atomic mass is 16.5. The Balaban J connectivity index is 2.41. The van der Waals surface area contributed by atoms with Crippen molar-refractivity contribution in [1.82, 2.24) is 0 Å². The first-order chi connectivity index (χ1) is 4.38. The maximum atomic E-state index is 10.3. The molecule has 1 saturated heterocycles. The van der Waals surface area contributed by atoms with Crippen molar-refractivity contribution in [3.63, 3.8) is 0 Å². The summed E-state index contributed by atoms with van der Waals surface area (Å²) in [6, 6.07) is 0. The van der Waals surface area contributed by atoms with Gasteiger partial charge in [0.05, 0.1) is 6.10 Å². The fourth-order valence-electron chi connectivity index (χ4n) is 1.24. The van der Waals surface area contributed by atoms with E-state index in [1.165, 1.54) is 0 Å². The number of ether oxygens (including phenoxy) is 1. The molecule has 2 unspecified atom stereocenters. The number of carbonyl (C=O) groups excluding carboxylic acids is 1. The first-order valence-corrected chi connectivity index (χ1v) is 3.45. The smallest absolute Gasteiger partial charge is 0.125 e. The molecule has 1 rings (SSSR count). The van der Waals surface area contributed by atoms with Gasteiger partial charge in [-0.3, -0.25) is 0 Å². The van der Waals surface area contributed by atoms with E-state index in [1.807, 2.05) is 6.92 Å². The second-order valence-electron chi connectivity index (χ2n) is 2.41. The third-order valence-corrected chi connectivity index (χ3v) is 1.84. The van der Waals surface area contributed by atoms with E-state index in [-0.39, 0.29) is 12.0 Å². The van der Waals surface area contributed by atoms with E-state index in [9.17, 15) is 4.79 Å². The molecule has 9 heavy (non-hydrogen) atoms. The van der Waals surface area contributed by atoms with Crippen LogP contribution < -0.4 is 0 Å². The Morgan fingerprint density at radius 2 is 2.56 bits per heavy atom. The van der Waals surface area contributed by atoms with Gasteiger partial charge in [-0.1, -0.05) is 6.92 Å². The molecule has 0 saturated carbocycles. The number of aldehydes is 1. The Labute approximate surface area is 55.2 Å². The van der Waals surface area contributed by atoms with Crippen molar-refractivity contribution in [3.8, 4) is 0 Å². The normalized spacial score (nSPS) is 34.8. The maximum Gasteiger partial charge on any atom is 0.125 e. The van der Waals surface area contributed by atoms with E-state index in [0.717, 1.165) is 25.7 Å². The largest absolute Gasteiger partial charge is 0.377 e. The third-order valence-electron chi connectivity index (χ3n) is 1.84. The lowest BCUT2D eigenvalue weighted by atomic mass is 10.0. The predicted molar refractivity (Wildman–Crippen MR) is 34.2 cm³/mol. The number of hydrogen-bond donors (Lipinski definition) is 0. The van der Waals surface area contributed by atoms with Crippen LogP contribution in [0.2, 0.25) is 0 Å². The molecule has 0 aromatic heterocycles. The van der Waals surface area contributed by atoms with Crippen molar-refractivity contribution in [2.45, 2.75) is 25.9 Å². The summed E-state index contributed by atoms with van der Waals surface area (Å²) in [5.74, 6) is 0.176. The first-order valence-electron chi connectivity index (χ1n) is 3.45. The van der Waals surface area contributed by atoms with Gasteiger partial charge in [-0.05, 0) is 12.8 Å². The third kappa shape index (κ3) is 1.30. The molecule has 0 amide bonds. The van der Waals surface area contributed by atoms with Gasteiger partial charge in [-0.15, -0.1) is 0 Å². The summed E-state index contributed by atoms with van der Waals surface area (Å²) in [7, 11) is 0. The topological polar surface area (TPSA) is 26.3 Å². The average Bonchev–Trinajstić information content (AvgIpc) is 2.33. The Hall–Kier alpha value is -0.370. The van der Waals surface area contributed by atoms with Gasteiger partial charge in [-0.25, -0.2) is 0 Å². The van der Waals surface area contributed by atoms with Crippen LogP contribution in [0.5, 0.6) is 0 Å². The molecule has 0 radical (unpaired) electrons. The molecule has 0 aliphatic carbocycles. The summed E-state index contributed by atoms with van der Waals surface area (Å²) >= 11 is 0. The molecule has 2 nitrogen and oxygen atoms in total. The van der Waals surface area contributed by atoms with Crippen LogP contribution in [0.4, 0.5) is 0 Å². The van der Waals surface area contributed by atoms with Crippen LogP contribution >= 0.6 is 0 Å². The molecule has 0 aromatic carbocycles. The quantitative estimate of drug-likeness (QED) is 0.518. The van der Waals surface area contributed by atoms with Crippen LogP contribution in [-0.2, 0) is 9.53 Å². The molecule has 2 atom stereocenters. The Kier molecular flexibility index (Phi) is 2.22. The molecule has 0 N–H and O–H groups in total. The van der Waals surface area contributed by atoms with Gasteiger partial charge < -0.3 is 9.53 Å². The second-order valence-corrected chi connectivity index (χ2v) is 2.41. The lowest BCUT2D eigenvalue weighted by molar-refractivity contribution is -0.112. The molecule has 2 heteroatoms. The van der Waals surface area contributed by atoms with Gasteiger partial charge in [0, 0.05) is 12.5 Å². The van der Waals surface area contributed by atoms with Crippen LogP contribution in [0.25, 0.3) is 0 Å². The summed E-state index contributed by atoms with van der Waals surface area (Å²) in [5, 5.41) is 0. The maximum absolute atomic E-state index is 10.3. The van der Waals surface area contributed by atoms with Gasteiger partial charge in [0.15, 0.2) is 0 Å². The number of carbonyl (C=O) groups is 1. The van der Waals surface area contributed by atoms with Crippen molar-refractivity contribution in [1.29, 1.82) is 0 Å².